The molecule has 2 aromatic heterocycles. The van der Waals surface area contributed by atoms with E-state index in [1.807, 2.05) is 37.5 Å². The molecule has 0 N–H and O–H groups in total. The van der Waals surface area contributed by atoms with Crippen LogP contribution in [-0.2, 0) is 13.0 Å². The van der Waals surface area contributed by atoms with Crippen molar-refractivity contribution in [1.29, 1.82) is 0 Å². The van der Waals surface area contributed by atoms with E-state index in [2.05, 4.69) is 54.0 Å². The quantitative estimate of drug-likeness (QED) is 0.821. The van der Waals surface area contributed by atoms with E-state index in [1.165, 1.54) is 16.8 Å². The summed E-state index contributed by atoms with van der Waals surface area (Å²) in [5, 5.41) is 0. The van der Waals surface area contributed by atoms with Crippen molar-refractivity contribution in [2.45, 2.75) is 32.9 Å². The zero-order chi connectivity index (χ0) is 16.1. The fourth-order valence-corrected chi connectivity index (χ4v) is 2.39. The Morgan fingerprint density at radius 1 is 1.09 bits per heavy atom. The average Bonchev–Trinajstić information content (AvgIpc) is 2.50. The summed E-state index contributed by atoms with van der Waals surface area (Å²) in [4.78, 5) is 13.3. The highest BCUT2D eigenvalue weighted by Crippen LogP contribution is 2.13. The third kappa shape index (κ3) is 4.28. The Morgan fingerprint density at radius 2 is 1.86 bits per heavy atom. The summed E-state index contributed by atoms with van der Waals surface area (Å²) in [6.45, 7) is 5.27. The molecule has 0 aliphatic heterocycles. The van der Waals surface area contributed by atoms with Crippen LogP contribution in [0.3, 0.4) is 0 Å². The third-order valence-electron chi connectivity index (χ3n) is 4.06. The molecule has 0 aliphatic rings. The minimum atomic E-state index is 0.433. The van der Waals surface area contributed by atoms with E-state index in [4.69, 9.17) is 0 Å². The van der Waals surface area contributed by atoms with Gasteiger partial charge in [-0.1, -0.05) is 12.1 Å². The van der Waals surface area contributed by atoms with E-state index in [9.17, 15) is 0 Å². The molecule has 0 spiro atoms. The monoisotopic (exact) mass is 298 g/mol. The zero-order valence-electron chi connectivity index (χ0n) is 14.2. The van der Waals surface area contributed by atoms with Crippen molar-refractivity contribution < 1.29 is 0 Å². The van der Waals surface area contributed by atoms with Crippen molar-refractivity contribution in [3.63, 3.8) is 0 Å². The molecule has 0 aliphatic carbocycles. The minimum absolute atomic E-state index is 0.433. The summed E-state index contributed by atoms with van der Waals surface area (Å²) in [5.41, 5.74) is 3.68. The minimum Gasteiger partial charge on any atom is -0.363 e. The lowest BCUT2D eigenvalue weighted by Gasteiger charge is -2.25. The van der Waals surface area contributed by atoms with Crippen molar-refractivity contribution in [2.75, 3.05) is 26.0 Å². The maximum absolute atomic E-state index is 4.49. The van der Waals surface area contributed by atoms with Gasteiger partial charge < -0.3 is 4.90 Å². The molecule has 22 heavy (non-hydrogen) atoms. The predicted molar refractivity (Wildman–Crippen MR) is 92.2 cm³/mol. The number of anilines is 1. The highest BCUT2D eigenvalue weighted by Gasteiger charge is 2.12. The molecule has 0 saturated heterocycles. The Balaban J connectivity index is 1.96. The zero-order valence-corrected chi connectivity index (χ0v) is 14.2. The van der Waals surface area contributed by atoms with Gasteiger partial charge in [-0.2, -0.15) is 0 Å². The second-order valence-electron chi connectivity index (χ2n) is 6.15. The fourth-order valence-electron chi connectivity index (χ4n) is 2.39. The number of hydrogen-bond donors (Lipinski definition) is 0. The summed E-state index contributed by atoms with van der Waals surface area (Å²) in [6, 6.07) is 8.76. The SMILES string of the molecule is Cc1cccnc1C[C@@H](C)N(C)Cc1ccc(N(C)C)nc1. The molecule has 0 bridgehead atoms. The van der Waals surface area contributed by atoms with E-state index in [0.717, 1.165) is 18.8 Å². The summed E-state index contributed by atoms with van der Waals surface area (Å²) in [7, 11) is 6.17. The molecule has 0 saturated carbocycles. The molecule has 0 unspecified atom stereocenters. The summed E-state index contributed by atoms with van der Waals surface area (Å²) >= 11 is 0. The van der Waals surface area contributed by atoms with Gasteiger partial charge in [0.15, 0.2) is 0 Å². The van der Waals surface area contributed by atoms with Gasteiger partial charge in [0, 0.05) is 51.2 Å². The van der Waals surface area contributed by atoms with Crippen LogP contribution in [0.4, 0.5) is 5.82 Å². The first-order chi connectivity index (χ1) is 10.5. The molecule has 0 aromatic carbocycles. The van der Waals surface area contributed by atoms with Gasteiger partial charge in [-0.15, -0.1) is 0 Å². The average molecular weight is 298 g/mol. The van der Waals surface area contributed by atoms with Crippen LogP contribution in [0.15, 0.2) is 36.7 Å². The Bertz CT molecular complexity index is 592. The first-order valence-electron chi connectivity index (χ1n) is 7.70. The normalized spacial score (nSPS) is 12.5. The summed E-state index contributed by atoms with van der Waals surface area (Å²) in [5.74, 6) is 0.989. The van der Waals surface area contributed by atoms with Crippen LogP contribution in [0.2, 0.25) is 0 Å². The van der Waals surface area contributed by atoms with Gasteiger partial charge in [-0.05, 0) is 44.2 Å². The number of rotatable bonds is 6. The lowest BCUT2D eigenvalue weighted by atomic mass is 10.1. The van der Waals surface area contributed by atoms with Gasteiger partial charge in [0.2, 0.25) is 0 Å². The molecule has 4 nitrogen and oxygen atoms in total. The van der Waals surface area contributed by atoms with E-state index >= 15 is 0 Å². The Labute approximate surface area is 133 Å². The van der Waals surface area contributed by atoms with Gasteiger partial charge in [-0.3, -0.25) is 9.88 Å². The summed E-state index contributed by atoms with van der Waals surface area (Å²) in [6.07, 6.45) is 4.80. The van der Waals surface area contributed by atoms with Crippen LogP contribution in [0, 0.1) is 6.92 Å². The Kier molecular flexibility index (Phi) is 5.50. The van der Waals surface area contributed by atoms with Crippen LogP contribution < -0.4 is 4.90 Å². The lowest BCUT2D eigenvalue weighted by Crippen LogP contribution is -2.31. The van der Waals surface area contributed by atoms with Crippen LogP contribution in [0.1, 0.15) is 23.7 Å². The second-order valence-corrected chi connectivity index (χ2v) is 6.15. The maximum Gasteiger partial charge on any atom is 0.127 e. The molecule has 2 rings (SSSR count). The van der Waals surface area contributed by atoms with Crippen molar-refractivity contribution >= 4 is 5.82 Å². The highest BCUT2D eigenvalue weighted by atomic mass is 15.1. The van der Waals surface area contributed by atoms with Gasteiger partial charge >= 0.3 is 0 Å². The van der Waals surface area contributed by atoms with Crippen molar-refractivity contribution in [3.8, 4) is 0 Å². The smallest absolute Gasteiger partial charge is 0.127 e. The molecular weight excluding hydrogens is 272 g/mol. The van der Waals surface area contributed by atoms with Gasteiger partial charge in [-0.25, -0.2) is 4.98 Å². The largest absolute Gasteiger partial charge is 0.363 e. The van der Waals surface area contributed by atoms with Crippen molar-refractivity contribution in [1.82, 2.24) is 14.9 Å². The van der Waals surface area contributed by atoms with E-state index in [0.29, 0.717) is 6.04 Å². The lowest BCUT2D eigenvalue weighted by molar-refractivity contribution is 0.246. The van der Waals surface area contributed by atoms with Crippen LogP contribution >= 0.6 is 0 Å². The molecule has 4 heteroatoms. The number of pyridine rings is 2. The van der Waals surface area contributed by atoms with Gasteiger partial charge in [0.25, 0.3) is 0 Å². The van der Waals surface area contributed by atoms with Crippen LogP contribution in [-0.4, -0.2) is 42.1 Å². The first-order valence-corrected chi connectivity index (χ1v) is 7.70. The van der Waals surface area contributed by atoms with E-state index < -0.39 is 0 Å². The van der Waals surface area contributed by atoms with E-state index in [-0.39, 0.29) is 0 Å². The third-order valence-corrected chi connectivity index (χ3v) is 4.06. The number of hydrogen-bond acceptors (Lipinski definition) is 4. The summed E-state index contributed by atoms with van der Waals surface area (Å²) < 4.78 is 0. The first kappa shape index (κ1) is 16.4. The van der Waals surface area contributed by atoms with Crippen molar-refractivity contribution in [3.05, 3.63) is 53.5 Å². The number of aryl methyl sites for hydroxylation is 1. The molecule has 1 atom stereocenters. The molecule has 118 valence electrons. The highest BCUT2D eigenvalue weighted by molar-refractivity contribution is 5.37. The number of nitrogens with zero attached hydrogens (tertiary/aromatic N) is 4. The Hall–Kier alpha value is -1.94. The van der Waals surface area contributed by atoms with Gasteiger partial charge in [0.05, 0.1) is 0 Å². The predicted octanol–water partition coefficient (Wildman–Crippen LogP) is 2.91. The molecule has 0 radical (unpaired) electrons. The molecule has 0 fully saturated rings. The van der Waals surface area contributed by atoms with E-state index in [1.54, 1.807) is 0 Å². The molecule has 2 heterocycles. The maximum atomic E-state index is 4.49. The van der Waals surface area contributed by atoms with Crippen LogP contribution in [0.25, 0.3) is 0 Å². The molecular formula is C18H26N4. The molecule has 2 aromatic rings. The van der Waals surface area contributed by atoms with Gasteiger partial charge in [0.1, 0.15) is 5.82 Å². The topological polar surface area (TPSA) is 32.3 Å². The second kappa shape index (κ2) is 7.36. The number of aromatic nitrogens is 2. The standard InChI is InChI=1S/C18H26N4/c1-14-7-6-10-19-17(14)11-15(2)22(5)13-16-8-9-18(20-12-16)21(3)4/h6-10,12,15H,11,13H2,1-5H3/t15-/m1/s1. The van der Waals surface area contributed by atoms with Crippen LogP contribution in [0.5, 0.6) is 0 Å². The number of likely N-dealkylation sites (N-methyl/N-ethyl adjacent to an activating group) is 1. The van der Waals surface area contributed by atoms with Crippen molar-refractivity contribution in [2.24, 2.45) is 0 Å². The fraction of sp³-hybridized carbons (Fsp3) is 0.444. The Morgan fingerprint density at radius 3 is 2.45 bits per heavy atom. The molecule has 0 amide bonds.